The summed E-state index contributed by atoms with van der Waals surface area (Å²) in [6, 6.07) is 7.09. The molecule has 0 radical (unpaired) electrons. The zero-order chi connectivity index (χ0) is 21.2. The van der Waals surface area contributed by atoms with Gasteiger partial charge in [-0.05, 0) is 37.4 Å². The molecule has 1 aromatic heterocycles. The van der Waals surface area contributed by atoms with Gasteiger partial charge in [0, 0.05) is 50.7 Å². The molecule has 0 bridgehead atoms. The maximum atomic E-state index is 12.3. The highest BCUT2D eigenvalue weighted by molar-refractivity contribution is 5.94. The molecule has 0 saturated heterocycles. The quantitative estimate of drug-likeness (QED) is 0.621. The summed E-state index contributed by atoms with van der Waals surface area (Å²) in [5.41, 5.74) is 1.34. The van der Waals surface area contributed by atoms with Crippen molar-refractivity contribution >= 4 is 11.8 Å². The van der Waals surface area contributed by atoms with Gasteiger partial charge in [0.05, 0.1) is 0 Å². The first-order valence-corrected chi connectivity index (χ1v) is 10.2. The Morgan fingerprint density at radius 1 is 1.07 bits per heavy atom. The maximum Gasteiger partial charge on any atom is 0.257 e. The van der Waals surface area contributed by atoms with Crippen LogP contribution in [0, 0.1) is 0 Å². The molecule has 0 atom stereocenters. The predicted octanol–water partition coefficient (Wildman–Crippen LogP) is 2.22. The number of nitrogens with one attached hydrogen (secondary N) is 1. The summed E-state index contributed by atoms with van der Waals surface area (Å²) in [5.74, 6) is 0.935. The molecular formula is C21H31N5O3. The van der Waals surface area contributed by atoms with Gasteiger partial charge >= 0.3 is 0 Å². The van der Waals surface area contributed by atoms with E-state index < -0.39 is 0 Å². The second-order valence-electron chi connectivity index (χ2n) is 6.79. The first-order valence-electron chi connectivity index (χ1n) is 10.2. The van der Waals surface area contributed by atoms with Crippen LogP contribution in [0.5, 0.6) is 0 Å². The first-order chi connectivity index (χ1) is 14.0. The number of carbonyl (C=O) groups is 2. The van der Waals surface area contributed by atoms with Gasteiger partial charge in [0.15, 0.2) is 5.82 Å². The summed E-state index contributed by atoms with van der Waals surface area (Å²) in [5, 5.41) is 6.91. The molecule has 0 fully saturated rings. The van der Waals surface area contributed by atoms with Gasteiger partial charge in [0.25, 0.3) is 11.8 Å². The maximum absolute atomic E-state index is 12.3. The minimum atomic E-state index is -0.0986. The second kappa shape index (κ2) is 11.3. The van der Waals surface area contributed by atoms with E-state index in [-0.39, 0.29) is 11.8 Å². The molecule has 29 heavy (non-hydrogen) atoms. The van der Waals surface area contributed by atoms with Crippen molar-refractivity contribution in [2.75, 3.05) is 39.8 Å². The number of hydrogen-bond acceptors (Lipinski definition) is 6. The topological polar surface area (TPSA) is 91.6 Å². The molecular weight excluding hydrogens is 370 g/mol. The average molecular weight is 402 g/mol. The van der Waals surface area contributed by atoms with E-state index in [4.69, 9.17) is 4.52 Å². The third-order valence-electron chi connectivity index (χ3n) is 4.87. The molecule has 0 aliphatic carbocycles. The molecule has 2 amide bonds. The highest BCUT2D eigenvalue weighted by Gasteiger charge is 2.13. The first kappa shape index (κ1) is 22.5. The standard InChI is InChI=1S/C21H31N5O3/c1-5-19(27)25(4)14-12-18-23-21(29-24-18)17-10-8-16(9-11-17)20(28)22-13-15-26(6-2)7-3/h8-11H,5-7,12-15H2,1-4H3,(H,22,28). The molecule has 0 saturated carbocycles. The van der Waals surface area contributed by atoms with Gasteiger partial charge in [0.2, 0.25) is 5.91 Å². The summed E-state index contributed by atoms with van der Waals surface area (Å²) < 4.78 is 5.32. The summed E-state index contributed by atoms with van der Waals surface area (Å²) in [6.07, 6.45) is 1.00. The van der Waals surface area contributed by atoms with Crippen LogP contribution in [0.2, 0.25) is 0 Å². The lowest BCUT2D eigenvalue weighted by Crippen LogP contribution is -2.34. The SMILES string of the molecule is CCC(=O)N(C)CCc1noc(-c2ccc(C(=O)NCCN(CC)CC)cc2)n1. The number of benzene rings is 1. The molecule has 0 unspecified atom stereocenters. The van der Waals surface area contributed by atoms with E-state index in [1.807, 2.05) is 6.92 Å². The Balaban J connectivity index is 1.89. The number of carbonyl (C=O) groups excluding carboxylic acids is 2. The third-order valence-corrected chi connectivity index (χ3v) is 4.87. The van der Waals surface area contributed by atoms with Gasteiger partial charge in [-0.2, -0.15) is 4.98 Å². The van der Waals surface area contributed by atoms with Crippen LogP contribution in [0.15, 0.2) is 28.8 Å². The van der Waals surface area contributed by atoms with Gasteiger partial charge in [-0.1, -0.05) is 25.9 Å². The zero-order valence-corrected chi connectivity index (χ0v) is 17.8. The van der Waals surface area contributed by atoms with Crippen molar-refractivity contribution in [2.45, 2.75) is 33.6 Å². The monoisotopic (exact) mass is 401 g/mol. The summed E-state index contributed by atoms with van der Waals surface area (Å²) >= 11 is 0. The fourth-order valence-corrected chi connectivity index (χ4v) is 2.87. The van der Waals surface area contributed by atoms with Crippen molar-refractivity contribution in [2.24, 2.45) is 0 Å². The Bertz CT molecular complexity index is 784. The van der Waals surface area contributed by atoms with Gasteiger partial charge in [-0.3, -0.25) is 9.59 Å². The highest BCUT2D eigenvalue weighted by Crippen LogP contribution is 2.18. The van der Waals surface area contributed by atoms with E-state index in [0.717, 1.165) is 25.2 Å². The molecule has 1 N–H and O–H groups in total. The Labute approximate surface area is 172 Å². The van der Waals surface area contributed by atoms with Gasteiger partial charge in [-0.25, -0.2) is 0 Å². The van der Waals surface area contributed by atoms with E-state index in [2.05, 4.69) is 34.2 Å². The minimum Gasteiger partial charge on any atom is -0.351 e. The molecule has 0 spiro atoms. The van der Waals surface area contributed by atoms with Crippen LogP contribution in [0.4, 0.5) is 0 Å². The number of amides is 2. The van der Waals surface area contributed by atoms with Gasteiger partial charge in [0.1, 0.15) is 0 Å². The molecule has 2 aromatic rings. The lowest BCUT2D eigenvalue weighted by atomic mass is 10.1. The van der Waals surface area contributed by atoms with E-state index >= 15 is 0 Å². The number of likely N-dealkylation sites (N-methyl/N-ethyl adjacent to an activating group) is 2. The molecule has 2 rings (SSSR count). The van der Waals surface area contributed by atoms with Crippen molar-refractivity contribution in [1.29, 1.82) is 0 Å². The lowest BCUT2D eigenvalue weighted by molar-refractivity contribution is -0.129. The van der Waals surface area contributed by atoms with E-state index in [1.54, 1.807) is 36.2 Å². The van der Waals surface area contributed by atoms with Crippen molar-refractivity contribution in [3.8, 4) is 11.5 Å². The molecule has 1 heterocycles. The third kappa shape index (κ3) is 6.67. The van der Waals surface area contributed by atoms with Crippen LogP contribution < -0.4 is 5.32 Å². The van der Waals surface area contributed by atoms with Crippen LogP contribution in [-0.2, 0) is 11.2 Å². The van der Waals surface area contributed by atoms with E-state index in [0.29, 0.717) is 43.2 Å². The van der Waals surface area contributed by atoms with Crippen LogP contribution in [0.25, 0.3) is 11.5 Å². The van der Waals surface area contributed by atoms with E-state index in [9.17, 15) is 9.59 Å². The Morgan fingerprint density at radius 2 is 1.76 bits per heavy atom. The Hall–Kier alpha value is -2.74. The van der Waals surface area contributed by atoms with Crippen LogP contribution >= 0.6 is 0 Å². The molecule has 0 aliphatic heterocycles. The van der Waals surface area contributed by atoms with Crippen LogP contribution in [-0.4, -0.2) is 71.5 Å². The van der Waals surface area contributed by atoms with E-state index in [1.165, 1.54) is 0 Å². The largest absolute Gasteiger partial charge is 0.351 e. The molecule has 1 aromatic carbocycles. The second-order valence-corrected chi connectivity index (χ2v) is 6.79. The molecule has 8 nitrogen and oxygen atoms in total. The number of nitrogens with zero attached hydrogens (tertiary/aromatic N) is 4. The fraction of sp³-hybridized carbons (Fsp3) is 0.524. The number of rotatable bonds is 11. The molecule has 158 valence electrons. The minimum absolute atomic E-state index is 0.0830. The van der Waals surface area contributed by atoms with Crippen molar-refractivity contribution in [3.05, 3.63) is 35.7 Å². The average Bonchev–Trinajstić information content (AvgIpc) is 3.23. The summed E-state index contributed by atoms with van der Waals surface area (Å²) in [4.78, 5) is 32.2. The lowest BCUT2D eigenvalue weighted by Gasteiger charge is -2.17. The van der Waals surface area contributed by atoms with Gasteiger partial charge < -0.3 is 19.6 Å². The normalized spacial score (nSPS) is 10.9. The Kier molecular flexibility index (Phi) is 8.79. The van der Waals surface area contributed by atoms with Gasteiger partial charge in [-0.15, -0.1) is 0 Å². The molecule has 0 aliphatic rings. The smallest absolute Gasteiger partial charge is 0.257 e. The number of aromatic nitrogens is 2. The fourth-order valence-electron chi connectivity index (χ4n) is 2.87. The van der Waals surface area contributed by atoms with Crippen LogP contribution in [0.1, 0.15) is 43.4 Å². The van der Waals surface area contributed by atoms with Crippen molar-refractivity contribution in [1.82, 2.24) is 25.3 Å². The number of hydrogen-bond donors (Lipinski definition) is 1. The van der Waals surface area contributed by atoms with Crippen molar-refractivity contribution in [3.63, 3.8) is 0 Å². The highest BCUT2D eigenvalue weighted by atomic mass is 16.5. The van der Waals surface area contributed by atoms with Crippen LogP contribution in [0.3, 0.4) is 0 Å². The Morgan fingerprint density at radius 3 is 2.38 bits per heavy atom. The zero-order valence-electron chi connectivity index (χ0n) is 17.8. The summed E-state index contributed by atoms with van der Waals surface area (Å²) in [6.45, 7) is 9.98. The predicted molar refractivity (Wildman–Crippen MR) is 111 cm³/mol. The summed E-state index contributed by atoms with van der Waals surface area (Å²) in [7, 11) is 1.76. The van der Waals surface area contributed by atoms with Crippen molar-refractivity contribution < 1.29 is 14.1 Å². The molecule has 8 heteroatoms.